The van der Waals surface area contributed by atoms with E-state index in [0.29, 0.717) is 23.3 Å². The van der Waals surface area contributed by atoms with Gasteiger partial charge in [0.2, 0.25) is 18.6 Å². The molecular formula is C17H14N4O3. The highest BCUT2D eigenvalue weighted by Gasteiger charge is 2.15. The summed E-state index contributed by atoms with van der Waals surface area (Å²) in [5, 5.41) is 0.748. The third kappa shape index (κ3) is 2.45. The van der Waals surface area contributed by atoms with Gasteiger partial charge in [-0.3, -0.25) is 4.79 Å². The van der Waals surface area contributed by atoms with E-state index < -0.39 is 5.91 Å². The molecule has 0 saturated carbocycles. The van der Waals surface area contributed by atoms with E-state index in [2.05, 4.69) is 9.97 Å². The number of fused-ring (bicyclic) bond motifs is 2. The molecule has 3 aromatic rings. The average molecular weight is 322 g/mol. The van der Waals surface area contributed by atoms with Crippen molar-refractivity contribution >= 4 is 22.8 Å². The number of anilines is 1. The van der Waals surface area contributed by atoms with Gasteiger partial charge in [0.05, 0.1) is 11.2 Å². The van der Waals surface area contributed by atoms with Crippen LogP contribution in [-0.2, 0) is 6.42 Å². The summed E-state index contributed by atoms with van der Waals surface area (Å²) in [5.74, 6) is 1.12. The maximum Gasteiger partial charge on any atom is 0.248 e. The summed E-state index contributed by atoms with van der Waals surface area (Å²) in [7, 11) is 0. The second-order valence-corrected chi connectivity index (χ2v) is 5.49. The summed E-state index contributed by atoms with van der Waals surface area (Å²) in [5.41, 5.74) is 14.0. The number of amides is 1. The molecular weight excluding hydrogens is 308 g/mol. The van der Waals surface area contributed by atoms with E-state index >= 15 is 0 Å². The van der Waals surface area contributed by atoms with Crippen LogP contribution in [0.3, 0.4) is 0 Å². The Labute approximate surface area is 137 Å². The molecule has 1 amide bonds. The van der Waals surface area contributed by atoms with Crippen molar-refractivity contribution in [2.24, 2.45) is 5.73 Å². The molecule has 1 aromatic heterocycles. The number of rotatable bonds is 3. The molecule has 2 aromatic carbocycles. The first-order valence-electron chi connectivity index (χ1n) is 7.34. The highest BCUT2D eigenvalue weighted by atomic mass is 16.7. The summed E-state index contributed by atoms with van der Waals surface area (Å²) in [6, 6.07) is 10.7. The minimum absolute atomic E-state index is 0.185. The van der Waals surface area contributed by atoms with E-state index in [1.807, 2.05) is 18.2 Å². The number of aromatic nitrogens is 2. The summed E-state index contributed by atoms with van der Waals surface area (Å²) in [6.45, 7) is 0.226. The van der Waals surface area contributed by atoms with Gasteiger partial charge >= 0.3 is 0 Å². The molecule has 0 bridgehead atoms. The van der Waals surface area contributed by atoms with Crippen LogP contribution in [0.25, 0.3) is 10.9 Å². The van der Waals surface area contributed by atoms with Crippen molar-refractivity contribution in [3.05, 3.63) is 53.2 Å². The number of hydrogen-bond acceptors (Lipinski definition) is 6. The second-order valence-electron chi connectivity index (χ2n) is 5.49. The number of nitrogens with zero attached hydrogens (tertiary/aromatic N) is 2. The normalized spacial score (nSPS) is 12.5. The molecule has 0 unspecified atom stereocenters. The summed E-state index contributed by atoms with van der Waals surface area (Å²) in [4.78, 5) is 20.0. The quantitative estimate of drug-likeness (QED) is 0.757. The van der Waals surface area contributed by atoms with Crippen molar-refractivity contribution in [1.29, 1.82) is 0 Å². The number of carbonyl (C=O) groups is 1. The molecule has 0 fully saturated rings. The second kappa shape index (κ2) is 5.38. The summed E-state index contributed by atoms with van der Waals surface area (Å²) < 4.78 is 10.7. The van der Waals surface area contributed by atoms with Crippen molar-refractivity contribution in [3.8, 4) is 11.5 Å². The maximum absolute atomic E-state index is 11.4. The highest BCUT2D eigenvalue weighted by Crippen LogP contribution is 2.33. The molecule has 1 aliphatic rings. The smallest absolute Gasteiger partial charge is 0.248 e. The number of hydrogen-bond donors (Lipinski definition) is 2. The highest BCUT2D eigenvalue weighted by molar-refractivity contribution is 5.97. The zero-order valence-electron chi connectivity index (χ0n) is 12.7. The van der Waals surface area contributed by atoms with Crippen molar-refractivity contribution < 1.29 is 14.3 Å². The molecule has 120 valence electrons. The zero-order chi connectivity index (χ0) is 16.7. The van der Waals surface area contributed by atoms with Crippen LogP contribution in [0.2, 0.25) is 0 Å². The maximum atomic E-state index is 11.4. The van der Waals surface area contributed by atoms with Crippen LogP contribution in [0.15, 0.2) is 36.4 Å². The Morgan fingerprint density at radius 3 is 2.75 bits per heavy atom. The van der Waals surface area contributed by atoms with Crippen LogP contribution in [0, 0.1) is 0 Å². The van der Waals surface area contributed by atoms with Crippen LogP contribution >= 0.6 is 0 Å². The average Bonchev–Trinajstić information content (AvgIpc) is 3.02. The van der Waals surface area contributed by atoms with Crippen LogP contribution in [-0.4, -0.2) is 22.7 Å². The number of nitrogens with two attached hydrogens (primary N) is 2. The van der Waals surface area contributed by atoms with Crippen molar-refractivity contribution in [2.75, 3.05) is 12.5 Å². The van der Waals surface area contributed by atoms with Gasteiger partial charge in [-0.15, -0.1) is 0 Å². The van der Waals surface area contributed by atoms with Crippen molar-refractivity contribution in [3.63, 3.8) is 0 Å². The zero-order valence-corrected chi connectivity index (χ0v) is 12.7. The Bertz CT molecular complexity index is 971. The molecule has 4 N–H and O–H groups in total. The minimum Gasteiger partial charge on any atom is -0.454 e. The van der Waals surface area contributed by atoms with E-state index in [1.165, 1.54) is 0 Å². The lowest BCUT2D eigenvalue weighted by Gasteiger charge is -2.08. The van der Waals surface area contributed by atoms with Crippen LogP contribution in [0.4, 0.5) is 5.95 Å². The molecule has 0 atom stereocenters. The molecule has 7 nitrogen and oxygen atoms in total. The first kappa shape index (κ1) is 14.3. The molecule has 0 saturated heterocycles. The lowest BCUT2D eigenvalue weighted by molar-refractivity contribution is 0.100. The molecule has 0 aliphatic carbocycles. The topological polar surface area (TPSA) is 113 Å². The molecule has 24 heavy (non-hydrogen) atoms. The Morgan fingerprint density at radius 2 is 1.92 bits per heavy atom. The van der Waals surface area contributed by atoms with E-state index in [0.717, 1.165) is 22.4 Å². The van der Waals surface area contributed by atoms with E-state index in [1.54, 1.807) is 18.2 Å². The fourth-order valence-corrected chi connectivity index (χ4v) is 2.74. The number of primary amides is 1. The van der Waals surface area contributed by atoms with Gasteiger partial charge in [-0.1, -0.05) is 6.07 Å². The summed E-state index contributed by atoms with van der Waals surface area (Å²) in [6.07, 6.45) is 0.516. The minimum atomic E-state index is -0.497. The Balaban J connectivity index is 1.80. The number of nitrogen functional groups attached to an aromatic ring is 1. The fourth-order valence-electron chi connectivity index (χ4n) is 2.74. The van der Waals surface area contributed by atoms with Crippen LogP contribution < -0.4 is 20.9 Å². The largest absolute Gasteiger partial charge is 0.454 e. The third-order valence-corrected chi connectivity index (χ3v) is 3.89. The Kier molecular flexibility index (Phi) is 3.19. The van der Waals surface area contributed by atoms with Gasteiger partial charge < -0.3 is 20.9 Å². The predicted octanol–water partition coefficient (Wildman–Crippen LogP) is 1.63. The molecule has 0 radical (unpaired) electrons. The lowest BCUT2D eigenvalue weighted by Crippen LogP contribution is -2.11. The number of benzene rings is 2. The number of ether oxygens (including phenoxy) is 2. The van der Waals surface area contributed by atoms with Gasteiger partial charge in [0.15, 0.2) is 11.5 Å². The van der Waals surface area contributed by atoms with E-state index in [-0.39, 0.29) is 12.7 Å². The monoisotopic (exact) mass is 322 g/mol. The van der Waals surface area contributed by atoms with Gasteiger partial charge in [0, 0.05) is 17.4 Å². The first-order chi connectivity index (χ1) is 11.6. The van der Waals surface area contributed by atoms with Crippen molar-refractivity contribution in [1.82, 2.24) is 9.97 Å². The molecule has 0 spiro atoms. The standard InChI is InChI=1S/C17H14N4O3/c18-16(22)10-2-3-12-11(7-10)13(21-17(19)20-12)5-9-1-4-14-15(6-9)24-8-23-14/h1-4,6-7H,5,8H2,(H2,18,22)(H2,19,20,21). The SMILES string of the molecule is NC(=O)c1ccc2nc(N)nc(Cc3ccc4c(c3)OCO4)c2c1. The van der Waals surface area contributed by atoms with Gasteiger partial charge in [0.25, 0.3) is 0 Å². The van der Waals surface area contributed by atoms with Gasteiger partial charge in [0.1, 0.15) is 0 Å². The predicted molar refractivity (Wildman–Crippen MR) is 87.8 cm³/mol. The fraction of sp³-hybridized carbons (Fsp3) is 0.118. The van der Waals surface area contributed by atoms with Crippen molar-refractivity contribution in [2.45, 2.75) is 6.42 Å². The van der Waals surface area contributed by atoms with Crippen LogP contribution in [0.5, 0.6) is 11.5 Å². The Morgan fingerprint density at radius 1 is 1.08 bits per heavy atom. The third-order valence-electron chi connectivity index (χ3n) is 3.89. The molecule has 2 heterocycles. The molecule has 4 rings (SSSR count). The van der Waals surface area contributed by atoms with Crippen LogP contribution in [0.1, 0.15) is 21.6 Å². The molecule has 7 heteroatoms. The lowest BCUT2D eigenvalue weighted by atomic mass is 10.0. The van der Waals surface area contributed by atoms with E-state index in [9.17, 15) is 4.79 Å². The summed E-state index contributed by atoms with van der Waals surface area (Å²) >= 11 is 0. The Hall–Kier alpha value is -3.35. The van der Waals surface area contributed by atoms with E-state index in [4.69, 9.17) is 20.9 Å². The first-order valence-corrected chi connectivity index (χ1v) is 7.34. The van der Waals surface area contributed by atoms with Gasteiger partial charge in [-0.2, -0.15) is 0 Å². The number of carbonyl (C=O) groups excluding carboxylic acids is 1. The van der Waals surface area contributed by atoms with Gasteiger partial charge in [-0.25, -0.2) is 9.97 Å². The molecule has 1 aliphatic heterocycles. The van der Waals surface area contributed by atoms with Gasteiger partial charge in [-0.05, 0) is 35.9 Å².